The highest BCUT2D eigenvalue weighted by Gasteiger charge is 2.54. The van der Waals surface area contributed by atoms with Gasteiger partial charge >= 0.3 is 0 Å². The SMILES string of the molecule is CC(C)(C)c1ccc2sc3c(c2c1)B1c2ccc4c(c2N(c2ccccc2)c2cccc(c21)N3c1ccccc1)-c1cc2ccccc2cc1C41c2ccccc2Sc2ccccc21. The first-order valence-electron chi connectivity index (χ1n) is 22.4. The maximum atomic E-state index is 2.63. The maximum absolute atomic E-state index is 2.63. The molecule has 0 fully saturated rings. The molecule has 3 aliphatic heterocycles. The summed E-state index contributed by atoms with van der Waals surface area (Å²) < 4.78 is 1.32. The highest BCUT2D eigenvalue weighted by atomic mass is 32.2. The molecule has 302 valence electrons. The number of fused-ring (bicyclic) bond motifs is 17. The quantitative estimate of drug-likeness (QED) is 0.160. The van der Waals surface area contributed by atoms with Crippen molar-refractivity contribution in [2.45, 2.75) is 41.4 Å². The van der Waals surface area contributed by atoms with Crippen molar-refractivity contribution in [3.8, 4) is 11.1 Å². The van der Waals surface area contributed by atoms with E-state index in [9.17, 15) is 0 Å². The molecular formula is C59H41BN2S2. The van der Waals surface area contributed by atoms with Gasteiger partial charge in [-0.1, -0.05) is 160 Å². The predicted octanol–water partition coefficient (Wildman–Crippen LogP) is 14.3. The number of rotatable bonds is 2. The van der Waals surface area contributed by atoms with Crippen molar-refractivity contribution in [3.05, 3.63) is 222 Å². The molecule has 4 aliphatic rings. The van der Waals surface area contributed by atoms with Gasteiger partial charge in [0.1, 0.15) is 0 Å². The van der Waals surface area contributed by atoms with Crippen LogP contribution in [0.2, 0.25) is 0 Å². The molecule has 0 bridgehead atoms. The summed E-state index contributed by atoms with van der Waals surface area (Å²) >= 11 is 3.84. The van der Waals surface area contributed by atoms with Crippen LogP contribution in [0.25, 0.3) is 32.0 Å². The van der Waals surface area contributed by atoms with E-state index in [1.165, 1.54) is 114 Å². The van der Waals surface area contributed by atoms with Crippen molar-refractivity contribution in [2.75, 3.05) is 9.80 Å². The molecule has 0 amide bonds. The molecule has 0 saturated heterocycles. The van der Waals surface area contributed by atoms with Crippen LogP contribution in [0.15, 0.2) is 204 Å². The van der Waals surface area contributed by atoms with Crippen LogP contribution >= 0.6 is 23.1 Å². The van der Waals surface area contributed by atoms with Crippen molar-refractivity contribution in [1.29, 1.82) is 0 Å². The second-order valence-corrected chi connectivity index (χ2v) is 20.9. The summed E-state index contributed by atoms with van der Waals surface area (Å²) in [5.41, 5.74) is 19.1. The van der Waals surface area contributed by atoms with Crippen molar-refractivity contribution in [1.82, 2.24) is 0 Å². The van der Waals surface area contributed by atoms with Gasteiger partial charge in [-0.25, -0.2) is 0 Å². The van der Waals surface area contributed by atoms with E-state index in [1.807, 2.05) is 23.1 Å². The van der Waals surface area contributed by atoms with E-state index in [0.717, 1.165) is 5.69 Å². The average molecular weight is 853 g/mol. The summed E-state index contributed by atoms with van der Waals surface area (Å²) in [7, 11) is 0. The fraction of sp³-hybridized carbons (Fsp3) is 0.0847. The van der Waals surface area contributed by atoms with Gasteiger partial charge in [-0.05, 0) is 138 Å². The number of hydrogen-bond acceptors (Lipinski definition) is 4. The number of hydrogen-bond donors (Lipinski definition) is 0. The average Bonchev–Trinajstić information content (AvgIpc) is 3.84. The lowest BCUT2D eigenvalue weighted by molar-refractivity contribution is 0.591. The van der Waals surface area contributed by atoms with Crippen molar-refractivity contribution < 1.29 is 0 Å². The van der Waals surface area contributed by atoms with E-state index in [-0.39, 0.29) is 12.1 Å². The Balaban J connectivity index is 1.17. The fourth-order valence-corrected chi connectivity index (χ4v) is 14.2. The molecule has 9 aromatic carbocycles. The summed E-state index contributed by atoms with van der Waals surface area (Å²) in [6.45, 7) is 7.01. The second kappa shape index (κ2) is 13.1. The largest absolute Gasteiger partial charge is 0.311 e. The zero-order chi connectivity index (χ0) is 42.5. The zero-order valence-electron chi connectivity index (χ0n) is 35.8. The minimum absolute atomic E-state index is 0.000925. The van der Waals surface area contributed by atoms with E-state index in [4.69, 9.17) is 0 Å². The summed E-state index contributed by atoms with van der Waals surface area (Å²) in [6, 6.07) is 73.9. The Morgan fingerprint density at radius 3 is 1.80 bits per heavy atom. The molecule has 0 unspecified atom stereocenters. The van der Waals surface area contributed by atoms with Crippen molar-refractivity contribution in [2.24, 2.45) is 0 Å². The van der Waals surface area contributed by atoms with Crippen LogP contribution in [-0.2, 0) is 10.8 Å². The molecule has 0 atom stereocenters. The van der Waals surface area contributed by atoms with E-state index < -0.39 is 5.41 Å². The lowest BCUT2D eigenvalue weighted by Gasteiger charge is -2.44. The maximum Gasteiger partial charge on any atom is 0.254 e. The molecule has 0 N–H and O–H groups in total. The smallest absolute Gasteiger partial charge is 0.254 e. The second-order valence-electron chi connectivity index (χ2n) is 18.8. The minimum atomic E-state index is -0.523. The lowest BCUT2D eigenvalue weighted by atomic mass is 9.33. The monoisotopic (exact) mass is 852 g/mol. The van der Waals surface area contributed by atoms with Crippen LogP contribution in [-0.4, -0.2) is 6.71 Å². The third-order valence-electron chi connectivity index (χ3n) is 14.4. The number of anilines is 6. The van der Waals surface area contributed by atoms with Crippen LogP contribution in [0.5, 0.6) is 0 Å². The summed E-state index contributed by atoms with van der Waals surface area (Å²) in [6.07, 6.45) is 0. The Labute approximate surface area is 382 Å². The van der Waals surface area contributed by atoms with Crippen LogP contribution in [0.1, 0.15) is 48.6 Å². The van der Waals surface area contributed by atoms with Gasteiger partial charge in [-0.15, -0.1) is 11.3 Å². The highest BCUT2D eigenvalue weighted by Crippen LogP contribution is 2.65. The molecule has 64 heavy (non-hydrogen) atoms. The topological polar surface area (TPSA) is 6.48 Å². The third kappa shape index (κ3) is 4.78. The molecule has 0 radical (unpaired) electrons. The molecule has 4 heterocycles. The van der Waals surface area contributed by atoms with E-state index in [1.54, 1.807) is 0 Å². The molecule has 1 spiro atoms. The Hall–Kier alpha value is -6.79. The van der Waals surface area contributed by atoms with Crippen molar-refractivity contribution >= 4 is 100 Å². The van der Waals surface area contributed by atoms with Gasteiger partial charge < -0.3 is 9.80 Å². The van der Waals surface area contributed by atoms with Crippen LogP contribution in [0, 0.1) is 0 Å². The Morgan fingerprint density at radius 1 is 0.500 bits per heavy atom. The normalized spacial score (nSPS) is 14.8. The van der Waals surface area contributed by atoms with Crippen LogP contribution < -0.4 is 26.2 Å². The third-order valence-corrected chi connectivity index (χ3v) is 16.8. The summed E-state index contributed by atoms with van der Waals surface area (Å²) in [5, 5.41) is 5.18. The number of benzene rings is 9. The first-order valence-corrected chi connectivity index (χ1v) is 24.0. The van der Waals surface area contributed by atoms with Crippen LogP contribution in [0.4, 0.5) is 33.4 Å². The molecule has 1 aromatic heterocycles. The minimum Gasteiger partial charge on any atom is -0.311 e. The molecule has 5 heteroatoms. The van der Waals surface area contributed by atoms with Gasteiger partial charge in [-0.2, -0.15) is 0 Å². The Kier molecular flexibility index (Phi) is 7.53. The molecular weight excluding hydrogens is 812 g/mol. The number of para-hydroxylation sites is 2. The fourth-order valence-electron chi connectivity index (χ4n) is 11.7. The first kappa shape index (κ1) is 36.7. The van der Waals surface area contributed by atoms with Gasteiger partial charge in [0.2, 0.25) is 0 Å². The zero-order valence-corrected chi connectivity index (χ0v) is 37.4. The summed E-state index contributed by atoms with van der Waals surface area (Å²) in [5.74, 6) is 0. The van der Waals surface area contributed by atoms with Crippen LogP contribution in [0.3, 0.4) is 0 Å². The van der Waals surface area contributed by atoms with E-state index >= 15 is 0 Å². The number of nitrogens with zero attached hydrogens (tertiary/aromatic N) is 2. The molecule has 1 aliphatic carbocycles. The van der Waals surface area contributed by atoms with E-state index in [0.29, 0.717) is 0 Å². The van der Waals surface area contributed by atoms with Crippen molar-refractivity contribution in [3.63, 3.8) is 0 Å². The molecule has 0 saturated carbocycles. The van der Waals surface area contributed by atoms with Gasteiger partial charge in [0.15, 0.2) is 0 Å². The van der Waals surface area contributed by atoms with Gasteiger partial charge in [0.25, 0.3) is 6.71 Å². The van der Waals surface area contributed by atoms with Gasteiger partial charge in [0, 0.05) is 48.5 Å². The van der Waals surface area contributed by atoms with Gasteiger partial charge in [-0.3, -0.25) is 0 Å². The highest BCUT2D eigenvalue weighted by molar-refractivity contribution is 7.99. The Morgan fingerprint density at radius 2 is 1.11 bits per heavy atom. The number of thiophene rings is 1. The molecule has 14 rings (SSSR count). The first-order chi connectivity index (χ1) is 31.4. The predicted molar refractivity (Wildman–Crippen MR) is 273 cm³/mol. The Bertz CT molecular complexity index is 3560. The summed E-state index contributed by atoms with van der Waals surface area (Å²) in [4.78, 5) is 7.81. The van der Waals surface area contributed by atoms with Gasteiger partial charge in [0.05, 0.1) is 10.4 Å². The van der Waals surface area contributed by atoms with E-state index in [2.05, 4.69) is 225 Å². The molecule has 2 nitrogen and oxygen atoms in total. The lowest BCUT2D eigenvalue weighted by Crippen LogP contribution is -2.61. The molecule has 10 aromatic rings. The standard InChI is InChI=1S/C59H41BN2S2/c1-58(2,3)38-29-32-50-42(35-38)54-57(64-50)62(40-21-8-5-9-22-40)49-26-16-25-48-55(49)60(54)47-31-30-45-53(56(47)61(48)39-19-6-4-7-20-39)41-33-36-17-10-11-18-37(36)34-46(41)59(45)43-23-12-14-27-51(43)63-52-28-15-13-24-44(52)59/h4-35H,1-3H3.